The summed E-state index contributed by atoms with van der Waals surface area (Å²) in [5.41, 5.74) is 1.94. The molecule has 2 aliphatic rings. The number of rotatable bonds is 3. The Bertz CT molecular complexity index is 484. The highest BCUT2D eigenvalue weighted by Crippen LogP contribution is 2.19. The van der Waals surface area contributed by atoms with Crippen LogP contribution in [0.15, 0.2) is 36.4 Å². The zero-order valence-corrected chi connectivity index (χ0v) is 12.4. The Morgan fingerprint density at radius 2 is 1.75 bits per heavy atom. The molecule has 0 unspecified atom stereocenters. The molecule has 3 nitrogen and oxygen atoms in total. The number of thioether (sulfide) groups is 1. The van der Waals surface area contributed by atoms with Gasteiger partial charge in [-0.3, -0.25) is 4.79 Å². The lowest BCUT2D eigenvalue weighted by Crippen LogP contribution is -2.37. The summed E-state index contributed by atoms with van der Waals surface area (Å²) in [6.45, 7) is 1.93. The molecule has 0 aliphatic carbocycles. The second kappa shape index (κ2) is 6.35. The molecule has 0 atom stereocenters. The van der Waals surface area contributed by atoms with Gasteiger partial charge in [-0.05, 0) is 48.6 Å². The van der Waals surface area contributed by atoms with Gasteiger partial charge in [-0.25, -0.2) is 0 Å². The monoisotopic (exact) mass is 288 g/mol. The van der Waals surface area contributed by atoms with Gasteiger partial charge in [0, 0.05) is 30.4 Å². The number of hydrogen-bond acceptors (Lipinski definition) is 3. The smallest absolute Gasteiger partial charge is 0.251 e. The molecule has 0 spiro atoms. The molecule has 1 N–H and O–H groups in total. The third kappa shape index (κ3) is 3.18. The van der Waals surface area contributed by atoms with Crippen molar-refractivity contribution in [3.05, 3.63) is 42.0 Å². The van der Waals surface area contributed by atoms with E-state index in [0.717, 1.165) is 43.0 Å². The quantitative estimate of drug-likeness (QED) is 0.868. The molecule has 1 fully saturated rings. The number of hydrogen-bond donors (Lipinski definition) is 1. The Balaban J connectivity index is 1.60. The number of carbonyl (C=O) groups excluding carboxylic acids is 1. The highest BCUT2D eigenvalue weighted by atomic mass is 32.2. The van der Waals surface area contributed by atoms with E-state index in [1.54, 1.807) is 0 Å². The maximum atomic E-state index is 12.2. The first-order valence-electron chi connectivity index (χ1n) is 7.21. The van der Waals surface area contributed by atoms with E-state index in [0.29, 0.717) is 6.04 Å². The van der Waals surface area contributed by atoms with Gasteiger partial charge in [0.05, 0.1) is 0 Å². The fourth-order valence-electron chi connectivity index (χ4n) is 2.62. The van der Waals surface area contributed by atoms with Crippen LogP contribution in [-0.4, -0.2) is 36.5 Å². The maximum Gasteiger partial charge on any atom is 0.251 e. The number of nitrogens with zero attached hydrogens (tertiary/aromatic N) is 1. The predicted octanol–water partition coefficient (Wildman–Crippen LogP) is 2.69. The van der Waals surface area contributed by atoms with E-state index in [4.69, 9.17) is 0 Å². The van der Waals surface area contributed by atoms with Crippen LogP contribution < -0.4 is 10.2 Å². The van der Waals surface area contributed by atoms with Crippen molar-refractivity contribution in [1.82, 2.24) is 5.32 Å². The molecule has 0 radical (unpaired) electrons. The van der Waals surface area contributed by atoms with Gasteiger partial charge >= 0.3 is 0 Å². The van der Waals surface area contributed by atoms with Crippen LogP contribution in [0.2, 0.25) is 0 Å². The first kappa shape index (κ1) is 13.6. The minimum Gasteiger partial charge on any atom is -0.364 e. The fourth-order valence-corrected chi connectivity index (χ4v) is 3.73. The second-order valence-electron chi connectivity index (χ2n) is 5.28. The molecule has 0 saturated carbocycles. The van der Waals surface area contributed by atoms with Crippen molar-refractivity contribution in [2.45, 2.75) is 18.9 Å². The molecule has 0 aromatic heterocycles. The SMILES string of the molecule is O=C(NC1CCSCC1)c1ccc(N2CC=CC2)cc1. The van der Waals surface area contributed by atoms with E-state index >= 15 is 0 Å². The number of amides is 1. The van der Waals surface area contributed by atoms with E-state index in [-0.39, 0.29) is 5.91 Å². The Morgan fingerprint density at radius 3 is 2.40 bits per heavy atom. The van der Waals surface area contributed by atoms with Gasteiger partial charge in [-0.15, -0.1) is 0 Å². The summed E-state index contributed by atoms with van der Waals surface area (Å²) in [4.78, 5) is 14.5. The minimum atomic E-state index is 0.0630. The standard InChI is InChI=1S/C16H20N2OS/c19-16(17-14-7-11-20-12-8-14)13-3-5-15(6-4-13)18-9-1-2-10-18/h1-6,14H,7-12H2,(H,17,19). The summed E-state index contributed by atoms with van der Waals surface area (Å²) >= 11 is 1.97. The van der Waals surface area contributed by atoms with Gasteiger partial charge in [0.1, 0.15) is 0 Å². The summed E-state index contributed by atoms with van der Waals surface area (Å²) in [6.07, 6.45) is 6.52. The van der Waals surface area contributed by atoms with Crippen LogP contribution in [-0.2, 0) is 0 Å². The van der Waals surface area contributed by atoms with Crippen molar-refractivity contribution < 1.29 is 4.79 Å². The van der Waals surface area contributed by atoms with Crippen molar-refractivity contribution in [3.63, 3.8) is 0 Å². The highest BCUT2D eigenvalue weighted by Gasteiger charge is 2.17. The van der Waals surface area contributed by atoms with E-state index in [2.05, 4.69) is 22.4 Å². The molecule has 1 amide bonds. The Morgan fingerprint density at radius 1 is 1.10 bits per heavy atom. The summed E-state index contributed by atoms with van der Waals surface area (Å²) in [7, 11) is 0. The minimum absolute atomic E-state index is 0.0630. The largest absolute Gasteiger partial charge is 0.364 e. The van der Waals surface area contributed by atoms with Crippen LogP contribution in [0.25, 0.3) is 0 Å². The number of anilines is 1. The van der Waals surface area contributed by atoms with Crippen molar-refractivity contribution in [3.8, 4) is 0 Å². The van der Waals surface area contributed by atoms with E-state index in [9.17, 15) is 4.79 Å². The lowest BCUT2D eigenvalue weighted by atomic mass is 10.1. The van der Waals surface area contributed by atoms with Crippen molar-refractivity contribution in [1.29, 1.82) is 0 Å². The van der Waals surface area contributed by atoms with Crippen LogP contribution in [0.1, 0.15) is 23.2 Å². The molecule has 4 heteroatoms. The van der Waals surface area contributed by atoms with E-state index in [1.807, 2.05) is 36.0 Å². The maximum absolute atomic E-state index is 12.2. The topological polar surface area (TPSA) is 32.3 Å². The molecule has 1 aromatic carbocycles. The lowest BCUT2D eigenvalue weighted by molar-refractivity contribution is 0.0935. The predicted molar refractivity (Wildman–Crippen MR) is 85.6 cm³/mol. The Kier molecular flexibility index (Phi) is 4.31. The van der Waals surface area contributed by atoms with Crippen molar-refractivity contribution in [2.24, 2.45) is 0 Å². The third-order valence-electron chi connectivity index (χ3n) is 3.87. The van der Waals surface area contributed by atoms with Crippen LogP contribution >= 0.6 is 11.8 Å². The highest BCUT2D eigenvalue weighted by molar-refractivity contribution is 7.99. The summed E-state index contributed by atoms with van der Waals surface area (Å²) in [5, 5.41) is 3.15. The first-order chi connectivity index (χ1) is 9.83. The van der Waals surface area contributed by atoms with Crippen LogP contribution in [0, 0.1) is 0 Å². The Labute approximate surface area is 124 Å². The normalized spacial score (nSPS) is 19.3. The Hall–Kier alpha value is -1.42. The van der Waals surface area contributed by atoms with Gasteiger partial charge in [0.25, 0.3) is 5.91 Å². The van der Waals surface area contributed by atoms with Crippen LogP contribution in [0.3, 0.4) is 0 Å². The number of carbonyl (C=O) groups is 1. The zero-order valence-electron chi connectivity index (χ0n) is 11.5. The molecule has 3 rings (SSSR count). The van der Waals surface area contributed by atoms with E-state index in [1.165, 1.54) is 5.69 Å². The fraction of sp³-hybridized carbons (Fsp3) is 0.438. The molecule has 20 heavy (non-hydrogen) atoms. The lowest BCUT2D eigenvalue weighted by Gasteiger charge is -2.23. The van der Waals surface area contributed by atoms with E-state index < -0.39 is 0 Å². The van der Waals surface area contributed by atoms with Crippen molar-refractivity contribution >= 4 is 23.4 Å². The average molecular weight is 288 g/mol. The van der Waals surface area contributed by atoms with Crippen molar-refractivity contribution in [2.75, 3.05) is 29.5 Å². The number of nitrogens with one attached hydrogen (secondary N) is 1. The molecule has 1 saturated heterocycles. The van der Waals surface area contributed by atoms with Gasteiger partial charge in [0.2, 0.25) is 0 Å². The van der Waals surface area contributed by atoms with Crippen LogP contribution in [0.5, 0.6) is 0 Å². The molecule has 0 bridgehead atoms. The van der Waals surface area contributed by atoms with Gasteiger partial charge in [-0.2, -0.15) is 11.8 Å². The molecule has 106 valence electrons. The third-order valence-corrected chi connectivity index (χ3v) is 4.92. The molecular formula is C16H20N2OS. The summed E-state index contributed by atoms with van der Waals surface area (Å²) in [6, 6.07) is 8.30. The second-order valence-corrected chi connectivity index (χ2v) is 6.51. The molecule has 1 aromatic rings. The zero-order chi connectivity index (χ0) is 13.8. The van der Waals surface area contributed by atoms with Gasteiger partial charge < -0.3 is 10.2 Å². The van der Waals surface area contributed by atoms with Gasteiger partial charge in [0.15, 0.2) is 0 Å². The van der Waals surface area contributed by atoms with Crippen LogP contribution in [0.4, 0.5) is 5.69 Å². The van der Waals surface area contributed by atoms with Gasteiger partial charge in [-0.1, -0.05) is 12.2 Å². The first-order valence-corrected chi connectivity index (χ1v) is 8.37. The molecular weight excluding hydrogens is 268 g/mol. The average Bonchev–Trinajstić information content (AvgIpc) is 3.03. The summed E-state index contributed by atoms with van der Waals surface area (Å²) in [5.74, 6) is 2.38. The number of benzene rings is 1. The molecule has 2 heterocycles. The molecule has 2 aliphatic heterocycles. The summed E-state index contributed by atoms with van der Waals surface area (Å²) < 4.78 is 0.